The average molecular weight is 360 g/mol. The monoisotopic (exact) mass is 360 g/mol. The van der Waals surface area contributed by atoms with Gasteiger partial charge in [0.15, 0.2) is 0 Å². The number of rotatable bonds is 2. The Bertz CT molecular complexity index is 679. The Morgan fingerprint density at radius 2 is 2.04 bits per heavy atom. The molecule has 1 unspecified atom stereocenters. The maximum atomic E-state index is 12.8. The van der Waals surface area contributed by atoms with Crippen LogP contribution in [0.5, 0.6) is 0 Å². The number of carbonyl (C=O) groups is 2. The van der Waals surface area contributed by atoms with Gasteiger partial charge in [0.2, 0.25) is 5.91 Å². The normalized spacial score (nSPS) is 32.3. The number of morpholine rings is 1. The van der Waals surface area contributed by atoms with Gasteiger partial charge >= 0.3 is 0 Å². The minimum atomic E-state index is -0.717. The first kappa shape index (κ1) is 17.4. The predicted octanol–water partition coefficient (Wildman–Crippen LogP) is 0.484. The van der Waals surface area contributed by atoms with E-state index in [1.807, 2.05) is 4.90 Å². The van der Waals surface area contributed by atoms with Gasteiger partial charge in [0.05, 0.1) is 44.4 Å². The van der Waals surface area contributed by atoms with Crippen LogP contribution in [0.15, 0.2) is 18.7 Å². The fourth-order valence-corrected chi connectivity index (χ4v) is 4.02. The Kier molecular flexibility index (Phi) is 4.62. The lowest BCUT2D eigenvalue weighted by Crippen LogP contribution is -2.61. The van der Waals surface area contributed by atoms with Gasteiger partial charge in [0.1, 0.15) is 18.5 Å². The van der Waals surface area contributed by atoms with Gasteiger partial charge in [-0.1, -0.05) is 6.92 Å². The zero-order valence-electron chi connectivity index (χ0n) is 15.0. The highest BCUT2D eigenvalue weighted by Gasteiger charge is 2.45. The molecule has 2 aliphatic heterocycles. The Morgan fingerprint density at radius 3 is 2.77 bits per heavy atom. The molecule has 0 bridgehead atoms. The van der Waals surface area contributed by atoms with E-state index in [2.05, 4.69) is 16.9 Å². The third-order valence-corrected chi connectivity index (χ3v) is 5.49. The summed E-state index contributed by atoms with van der Waals surface area (Å²) in [5.41, 5.74) is -0.0826. The topological polar surface area (TPSA) is 84.9 Å². The van der Waals surface area contributed by atoms with Crippen molar-refractivity contribution in [1.82, 2.24) is 14.9 Å². The molecule has 1 saturated carbocycles. The van der Waals surface area contributed by atoms with Crippen LogP contribution in [0.4, 0.5) is 5.69 Å². The summed E-state index contributed by atoms with van der Waals surface area (Å²) in [6, 6.07) is 0. The number of hydrogen-bond acceptors (Lipinski definition) is 6. The number of ether oxygens (including phenoxy) is 2. The lowest BCUT2D eigenvalue weighted by molar-refractivity contribution is -0.152. The fraction of sp³-hybridized carbons (Fsp3) is 0.667. The molecule has 0 aromatic carbocycles. The van der Waals surface area contributed by atoms with E-state index < -0.39 is 5.60 Å². The van der Waals surface area contributed by atoms with E-state index in [-0.39, 0.29) is 24.3 Å². The van der Waals surface area contributed by atoms with Gasteiger partial charge < -0.3 is 19.3 Å². The third kappa shape index (κ3) is 3.31. The van der Waals surface area contributed by atoms with Crippen LogP contribution in [0.25, 0.3) is 0 Å². The predicted molar refractivity (Wildman–Crippen MR) is 92.4 cm³/mol. The zero-order valence-corrected chi connectivity index (χ0v) is 15.0. The van der Waals surface area contributed by atoms with Crippen molar-refractivity contribution in [3.63, 3.8) is 0 Å². The molecule has 26 heavy (non-hydrogen) atoms. The molecule has 8 heteroatoms. The van der Waals surface area contributed by atoms with Crippen molar-refractivity contribution < 1.29 is 19.1 Å². The smallest absolute Gasteiger partial charge is 0.253 e. The minimum absolute atomic E-state index is 0.0409. The van der Waals surface area contributed by atoms with Crippen LogP contribution >= 0.6 is 0 Å². The molecule has 2 saturated heterocycles. The summed E-state index contributed by atoms with van der Waals surface area (Å²) in [5, 5.41) is 0. The standard InChI is InChI=1S/C18H24N4O4/c1-13-4-14(5-13)17(24)21-2-3-25-11-18(9-21)10-22(16(23)8-26-18)15-6-19-12-20-7-15/h6-7,12-14H,2-5,8-11H2,1H3. The summed E-state index contributed by atoms with van der Waals surface area (Å²) in [6.07, 6.45) is 6.56. The van der Waals surface area contributed by atoms with Crippen molar-refractivity contribution in [1.29, 1.82) is 0 Å². The molecule has 140 valence electrons. The second kappa shape index (κ2) is 6.92. The number of aromatic nitrogens is 2. The summed E-state index contributed by atoms with van der Waals surface area (Å²) >= 11 is 0. The number of hydrogen-bond donors (Lipinski definition) is 0. The van der Waals surface area contributed by atoms with Crippen LogP contribution in [-0.2, 0) is 19.1 Å². The van der Waals surface area contributed by atoms with Crippen LogP contribution in [0.3, 0.4) is 0 Å². The van der Waals surface area contributed by atoms with E-state index in [1.165, 1.54) is 6.33 Å². The summed E-state index contributed by atoms with van der Waals surface area (Å²) in [5.74, 6) is 0.783. The van der Waals surface area contributed by atoms with Gasteiger partial charge in [-0.3, -0.25) is 9.59 Å². The van der Waals surface area contributed by atoms with Crippen LogP contribution in [0, 0.1) is 11.8 Å². The van der Waals surface area contributed by atoms with E-state index in [0.29, 0.717) is 44.5 Å². The molecule has 3 heterocycles. The van der Waals surface area contributed by atoms with E-state index >= 15 is 0 Å². The summed E-state index contributed by atoms with van der Waals surface area (Å²) in [4.78, 5) is 36.7. The lowest BCUT2D eigenvalue weighted by atomic mass is 9.75. The molecule has 1 aromatic rings. The molecule has 2 amide bonds. The molecule has 8 nitrogen and oxygen atoms in total. The molecule has 3 aliphatic rings. The van der Waals surface area contributed by atoms with Gasteiger partial charge in [-0.2, -0.15) is 0 Å². The first-order chi connectivity index (χ1) is 12.6. The van der Waals surface area contributed by atoms with Gasteiger partial charge in [-0.05, 0) is 18.8 Å². The minimum Gasteiger partial charge on any atom is -0.376 e. The van der Waals surface area contributed by atoms with E-state index in [9.17, 15) is 9.59 Å². The molecule has 1 spiro atoms. The van der Waals surface area contributed by atoms with Gasteiger partial charge in [0.25, 0.3) is 5.91 Å². The molecule has 0 N–H and O–H groups in total. The Morgan fingerprint density at radius 1 is 1.27 bits per heavy atom. The maximum Gasteiger partial charge on any atom is 0.253 e. The van der Waals surface area contributed by atoms with Crippen LogP contribution in [0.1, 0.15) is 19.8 Å². The van der Waals surface area contributed by atoms with Crippen LogP contribution < -0.4 is 4.90 Å². The number of anilines is 1. The molecule has 1 atom stereocenters. The fourth-order valence-electron chi connectivity index (χ4n) is 4.02. The van der Waals surface area contributed by atoms with E-state index in [0.717, 1.165) is 12.8 Å². The first-order valence-corrected chi connectivity index (χ1v) is 9.12. The maximum absolute atomic E-state index is 12.8. The molecular formula is C18H24N4O4. The quantitative estimate of drug-likeness (QED) is 0.763. The van der Waals surface area contributed by atoms with Crippen molar-refractivity contribution in [3.8, 4) is 0 Å². The van der Waals surface area contributed by atoms with Crippen molar-refractivity contribution in [3.05, 3.63) is 18.7 Å². The molecule has 3 fully saturated rings. The molecule has 4 rings (SSSR count). The van der Waals surface area contributed by atoms with Gasteiger partial charge in [0, 0.05) is 12.5 Å². The van der Waals surface area contributed by atoms with Crippen LogP contribution in [-0.4, -0.2) is 71.7 Å². The van der Waals surface area contributed by atoms with Gasteiger partial charge in [-0.25, -0.2) is 9.97 Å². The average Bonchev–Trinajstić information content (AvgIpc) is 2.84. The second-order valence-electron chi connectivity index (χ2n) is 7.63. The van der Waals surface area contributed by atoms with Crippen molar-refractivity contribution in [2.24, 2.45) is 11.8 Å². The third-order valence-electron chi connectivity index (χ3n) is 5.49. The second-order valence-corrected chi connectivity index (χ2v) is 7.63. The number of amides is 2. The largest absolute Gasteiger partial charge is 0.376 e. The first-order valence-electron chi connectivity index (χ1n) is 9.12. The molecule has 1 aromatic heterocycles. The summed E-state index contributed by atoms with van der Waals surface area (Å²) in [7, 11) is 0. The lowest BCUT2D eigenvalue weighted by Gasteiger charge is -2.44. The van der Waals surface area contributed by atoms with Crippen molar-refractivity contribution >= 4 is 17.5 Å². The highest BCUT2D eigenvalue weighted by molar-refractivity contribution is 5.95. The van der Waals surface area contributed by atoms with Crippen molar-refractivity contribution in [2.45, 2.75) is 25.4 Å². The highest BCUT2D eigenvalue weighted by atomic mass is 16.6. The SMILES string of the molecule is CC1CC(C(=O)N2CCOCC3(C2)CN(c2cncnc2)C(=O)CO3)C1. The Balaban J connectivity index is 1.52. The zero-order chi connectivity index (χ0) is 18.1. The molecular weight excluding hydrogens is 336 g/mol. The number of nitrogens with zero attached hydrogens (tertiary/aromatic N) is 4. The van der Waals surface area contributed by atoms with Crippen LogP contribution in [0.2, 0.25) is 0 Å². The molecule has 0 radical (unpaired) electrons. The van der Waals surface area contributed by atoms with Crippen molar-refractivity contribution in [2.75, 3.05) is 44.4 Å². The Hall–Kier alpha value is -2.06. The summed E-state index contributed by atoms with van der Waals surface area (Å²) in [6.45, 7) is 4.31. The molecule has 1 aliphatic carbocycles. The number of carbonyl (C=O) groups excluding carboxylic acids is 2. The van der Waals surface area contributed by atoms with E-state index in [4.69, 9.17) is 9.47 Å². The summed E-state index contributed by atoms with van der Waals surface area (Å²) < 4.78 is 11.7. The van der Waals surface area contributed by atoms with Gasteiger partial charge in [-0.15, -0.1) is 0 Å². The van der Waals surface area contributed by atoms with E-state index in [1.54, 1.807) is 17.3 Å². The Labute approximate surface area is 152 Å². The highest BCUT2D eigenvalue weighted by Crippen LogP contribution is 2.35.